The van der Waals surface area contributed by atoms with Gasteiger partial charge in [0.1, 0.15) is 6.10 Å². The van der Waals surface area contributed by atoms with Gasteiger partial charge in [-0.2, -0.15) is 5.10 Å². The molecule has 4 rings (SSSR count). The molecule has 1 atom stereocenters. The summed E-state index contributed by atoms with van der Waals surface area (Å²) in [6.45, 7) is 3.94. The Morgan fingerprint density at radius 2 is 1.73 bits per heavy atom. The van der Waals surface area contributed by atoms with E-state index >= 15 is 0 Å². The van der Waals surface area contributed by atoms with Crippen molar-refractivity contribution >= 4 is 46.0 Å². The third kappa shape index (κ3) is 5.87. The first-order chi connectivity index (χ1) is 16.0. The number of nitrogens with one attached hydrogen (secondary N) is 3. The Bertz CT molecular complexity index is 1260. The average molecular weight is 441 g/mol. The van der Waals surface area contributed by atoms with E-state index in [-0.39, 0.29) is 5.92 Å². The van der Waals surface area contributed by atoms with Gasteiger partial charge in [-0.1, -0.05) is 56.3 Å². The molecule has 1 amide bonds. The second-order valence-corrected chi connectivity index (χ2v) is 8.45. The number of aromatic amines is 1. The van der Waals surface area contributed by atoms with E-state index in [9.17, 15) is 9.90 Å². The van der Waals surface area contributed by atoms with E-state index in [0.29, 0.717) is 12.1 Å². The smallest absolute Gasteiger partial charge is 0.253 e. The van der Waals surface area contributed by atoms with Crippen LogP contribution >= 0.6 is 0 Å². The van der Waals surface area contributed by atoms with Crippen molar-refractivity contribution in [1.82, 2.24) is 10.2 Å². The molecule has 4 aromatic rings. The first-order valence-corrected chi connectivity index (χ1v) is 11.1. The van der Waals surface area contributed by atoms with Gasteiger partial charge in [-0.3, -0.25) is 9.89 Å². The molecule has 0 radical (unpaired) electrons. The van der Waals surface area contributed by atoms with E-state index in [1.165, 1.54) is 0 Å². The van der Waals surface area contributed by atoms with Crippen molar-refractivity contribution in [1.29, 1.82) is 0 Å². The highest BCUT2D eigenvalue weighted by molar-refractivity contribution is 5.95. The Labute approximate surface area is 193 Å². The van der Waals surface area contributed by atoms with Crippen LogP contribution in [0.4, 0.5) is 17.1 Å². The minimum absolute atomic E-state index is 0.241. The molecule has 0 fully saturated rings. The predicted molar refractivity (Wildman–Crippen MR) is 135 cm³/mol. The average Bonchev–Trinajstić information content (AvgIpc) is 3.20. The number of carbonyl (C=O) groups excluding carboxylic acids is 1. The quantitative estimate of drug-likeness (QED) is 0.278. The molecule has 1 heterocycles. The van der Waals surface area contributed by atoms with Crippen LogP contribution in [-0.2, 0) is 4.79 Å². The number of aromatic nitrogens is 2. The zero-order valence-electron chi connectivity index (χ0n) is 18.7. The van der Waals surface area contributed by atoms with Crippen LogP contribution in [-0.4, -0.2) is 27.3 Å². The molecule has 6 nitrogen and oxygen atoms in total. The molecule has 0 spiro atoms. The van der Waals surface area contributed by atoms with Crippen molar-refractivity contribution in [2.75, 3.05) is 10.6 Å². The highest BCUT2D eigenvalue weighted by Gasteiger charge is 2.16. The van der Waals surface area contributed by atoms with Crippen LogP contribution < -0.4 is 10.6 Å². The lowest BCUT2D eigenvalue weighted by molar-refractivity contribution is -0.124. The number of anilines is 3. The number of H-pyrrole nitrogens is 1. The maximum atomic E-state index is 12.2. The molecule has 0 saturated carbocycles. The minimum Gasteiger partial charge on any atom is -0.383 e. The molecule has 168 valence electrons. The van der Waals surface area contributed by atoms with Gasteiger partial charge < -0.3 is 15.7 Å². The lowest BCUT2D eigenvalue weighted by atomic mass is 10.1. The number of aliphatic hydroxyl groups is 1. The van der Waals surface area contributed by atoms with Crippen LogP contribution in [0.5, 0.6) is 0 Å². The topological polar surface area (TPSA) is 90.0 Å². The number of fused-ring (bicyclic) bond motifs is 1. The predicted octanol–water partition coefficient (Wildman–Crippen LogP) is 5.82. The second kappa shape index (κ2) is 10.1. The molecular weight excluding hydrogens is 412 g/mol. The van der Waals surface area contributed by atoms with E-state index < -0.39 is 12.0 Å². The minimum atomic E-state index is -1.02. The Kier molecular flexibility index (Phi) is 6.86. The molecule has 1 unspecified atom stereocenters. The summed E-state index contributed by atoms with van der Waals surface area (Å²) >= 11 is 0. The first-order valence-electron chi connectivity index (χ1n) is 11.1. The summed E-state index contributed by atoms with van der Waals surface area (Å²) in [5.74, 6) is -0.152. The summed E-state index contributed by atoms with van der Waals surface area (Å²) in [7, 11) is 0. The van der Waals surface area contributed by atoms with Crippen LogP contribution in [0.3, 0.4) is 0 Å². The van der Waals surface area contributed by atoms with Gasteiger partial charge in [-0.15, -0.1) is 0 Å². The lowest BCUT2D eigenvalue weighted by Crippen LogP contribution is -2.28. The van der Waals surface area contributed by atoms with Gasteiger partial charge in [-0.05, 0) is 60.4 Å². The standard InChI is InChI=1S/C27H28N4O2/c1-18(2)15-26(32)27(33)29-21-10-6-9-20(16-21)28-22-12-13-23-24(30-31-25(23)17-22)14-11-19-7-4-3-5-8-19/h3-14,16-18,26,28,32H,15H2,1-2H3,(H,29,33)(H,30,31)/b14-11+. The number of hydrogen-bond acceptors (Lipinski definition) is 4. The summed E-state index contributed by atoms with van der Waals surface area (Å²) in [5, 5.41) is 24.7. The van der Waals surface area contributed by atoms with Gasteiger partial charge in [0.2, 0.25) is 0 Å². The zero-order chi connectivity index (χ0) is 23.2. The number of hydrogen-bond donors (Lipinski definition) is 4. The summed E-state index contributed by atoms with van der Waals surface area (Å²) in [5.41, 5.74) is 5.28. The maximum Gasteiger partial charge on any atom is 0.253 e. The molecule has 4 N–H and O–H groups in total. The first kappa shape index (κ1) is 22.3. The van der Waals surface area contributed by atoms with Crippen molar-refractivity contribution in [3.05, 3.63) is 84.1 Å². The molecule has 1 aromatic heterocycles. The number of rotatable bonds is 8. The van der Waals surface area contributed by atoms with Crippen LogP contribution in [0.1, 0.15) is 31.5 Å². The van der Waals surface area contributed by atoms with Crippen molar-refractivity contribution in [2.45, 2.75) is 26.4 Å². The van der Waals surface area contributed by atoms with E-state index in [2.05, 4.69) is 33.0 Å². The van der Waals surface area contributed by atoms with Crippen molar-refractivity contribution < 1.29 is 9.90 Å². The Morgan fingerprint density at radius 1 is 0.970 bits per heavy atom. The molecule has 0 aliphatic heterocycles. The Morgan fingerprint density at radius 3 is 2.52 bits per heavy atom. The number of aliphatic hydroxyl groups excluding tert-OH is 1. The van der Waals surface area contributed by atoms with Gasteiger partial charge in [0.25, 0.3) is 5.91 Å². The number of amides is 1. The third-order valence-corrected chi connectivity index (χ3v) is 5.24. The fraction of sp³-hybridized carbons (Fsp3) is 0.185. The van der Waals surface area contributed by atoms with Crippen LogP contribution in [0, 0.1) is 5.92 Å². The van der Waals surface area contributed by atoms with E-state index in [1.54, 1.807) is 6.07 Å². The number of nitrogens with zero attached hydrogens (tertiary/aromatic N) is 1. The fourth-order valence-electron chi connectivity index (χ4n) is 3.61. The summed E-state index contributed by atoms with van der Waals surface area (Å²) in [6, 6.07) is 23.6. The highest BCUT2D eigenvalue weighted by atomic mass is 16.3. The molecular formula is C27H28N4O2. The van der Waals surface area contributed by atoms with Gasteiger partial charge >= 0.3 is 0 Å². The van der Waals surface area contributed by atoms with E-state index in [0.717, 1.165) is 33.5 Å². The molecule has 3 aromatic carbocycles. The highest BCUT2D eigenvalue weighted by Crippen LogP contribution is 2.25. The van der Waals surface area contributed by atoms with Gasteiger partial charge in [0, 0.05) is 22.4 Å². The maximum absolute atomic E-state index is 12.2. The second-order valence-electron chi connectivity index (χ2n) is 8.45. The summed E-state index contributed by atoms with van der Waals surface area (Å²) < 4.78 is 0. The zero-order valence-corrected chi connectivity index (χ0v) is 18.7. The number of carbonyl (C=O) groups is 1. The number of benzene rings is 3. The summed E-state index contributed by atoms with van der Waals surface area (Å²) in [6.07, 6.45) is 3.45. The fourth-order valence-corrected chi connectivity index (χ4v) is 3.61. The van der Waals surface area contributed by atoms with Gasteiger partial charge in [0.05, 0.1) is 11.2 Å². The molecule has 6 heteroatoms. The van der Waals surface area contributed by atoms with Crippen LogP contribution in [0.25, 0.3) is 23.1 Å². The molecule has 0 bridgehead atoms. The van der Waals surface area contributed by atoms with Crippen molar-refractivity contribution in [2.24, 2.45) is 5.92 Å². The van der Waals surface area contributed by atoms with Crippen molar-refractivity contribution in [3.63, 3.8) is 0 Å². The molecule has 0 aliphatic carbocycles. The van der Waals surface area contributed by atoms with E-state index in [4.69, 9.17) is 0 Å². The van der Waals surface area contributed by atoms with Gasteiger partial charge in [0.15, 0.2) is 0 Å². The third-order valence-electron chi connectivity index (χ3n) is 5.24. The Hall–Kier alpha value is -3.90. The van der Waals surface area contributed by atoms with Crippen LogP contribution in [0.2, 0.25) is 0 Å². The largest absolute Gasteiger partial charge is 0.383 e. The normalized spacial score (nSPS) is 12.4. The van der Waals surface area contributed by atoms with Crippen LogP contribution in [0.15, 0.2) is 72.8 Å². The molecule has 0 aliphatic rings. The van der Waals surface area contributed by atoms with Gasteiger partial charge in [-0.25, -0.2) is 0 Å². The molecule has 33 heavy (non-hydrogen) atoms. The van der Waals surface area contributed by atoms with E-state index in [1.807, 2.05) is 80.6 Å². The summed E-state index contributed by atoms with van der Waals surface area (Å²) in [4.78, 5) is 12.2. The Balaban J connectivity index is 1.45. The lowest BCUT2D eigenvalue weighted by Gasteiger charge is -2.14. The SMILES string of the molecule is CC(C)CC(O)C(=O)Nc1cccc(Nc2ccc3c(/C=C/c4ccccc4)n[nH]c3c2)c1. The monoisotopic (exact) mass is 440 g/mol. The molecule has 0 saturated heterocycles. The van der Waals surface area contributed by atoms with Crippen molar-refractivity contribution in [3.8, 4) is 0 Å².